The summed E-state index contributed by atoms with van der Waals surface area (Å²) in [5.41, 5.74) is 3.89. The fraction of sp³-hybridized carbons (Fsp3) is 0.357. The smallest absolute Gasteiger partial charge is 0.213 e. The zero-order valence-electron chi connectivity index (χ0n) is 22.0. The molecule has 39 heavy (non-hydrogen) atoms. The van der Waals surface area contributed by atoms with Crippen LogP contribution in [0.4, 0.5) is 15.8 Å². The van der Waals surface area contributed by atoms with Crippen LogP contribution in [0.3, 0.4) is 0 Å². The minimum atomic E-state index is -0.639. The van der Waals surface area contributed by atoms with Gasteiger partial charge in [0.15, 0.2) is 5.15 Å². The Balaban J connectivity index is 1.66. The summed E-state index contributed by atoms with van der Waals surface area (Å²) in [4.78, 5) is 8.42. The van der Waals surface area contributed by atoms with E-state index in [9.17, 15) is 14.9 Å². The molecule has 3 aromatic heterocycles. The Morgan fingerprint density at radius 3 is 2.56 bits per heavy atom. The minimum absolute atomic E-state index is 0.0570. The van der Waals surface area contributed by atoms with Crippen LogP contribution in [-0.2, 0) is 0 Å². The molecule has 198 valence electrons. The van der Waals surface area contributed by atoms with Crippen LogP contribution >= 0.6 is 11.6 Å². The van der Waals surface area contributed by atoms with Crippen LogP contribution in [0.5, 0.6) is 0 Å². The summed E-state index contributed by atoms with van der Waals surface area (Å²) in [6, 6.07) is 10.5. The highest BCUT2D eigenvalue weighted by atomic mass is 35.5. The zero-order chi connectivity index (χ0) is 27.9. The predicted octanol–water partition coefficient (Wildman–Crippen LogP) is 6.06. The molecule has 1 aliphatic rings. The topological polar surface area (TPSA) is 128 Å². The lowest BCUT2D eigenvalue weighted by Gasteiger charge is -2.23. The van der Waals surface area contributed by atoms with Crippen LogP contribution in [0.25, 0.3) is 10.9 Å². The normalized spacial score (nSPS) is 14.1. The fourth-order valence-electron chi connectivity index (χ4n) is 4.43. The second-order valence-corrected chi connectivity index (χ2v) is 11.3. The summed E-state index contributed by atoms with van der Waals surface area (Å²) < 4.78 is 15.6. The van der Waals surface area contributed by atoms with Crippen LogP contribution in [-0.4, -0.2) is 31.5 Å². The number of halogens is 2. The van der Waals surface area contributed by atoms with Crippen LogP contribution in [0.1, 0.15) is 73.8 Å². The number of fused-ring (bicyclic) bond motifs is 1. The van der Waals surface area contributed by atoms with Gasteiger partial charge in [-0.05, 0) is 43.4 Å². The lowest BCUT2D eigenvalue weighted by Crippen LogP contribution is -2.20. The average Bonchev–Trinajstić information content (AvgIpc) is 3.66. The van der Waals surface area contributed by atoms with E-state index < -0.39 is 12.0 Å². The number of hydrogen-bond donors (Lipinski definition) is 2. The van der Waals surface area contributed by atoms with E-state index in [1.807, 2.05) is 6.07 Å². The third kappa shape index (κ3) is 5.34. The van der Waals surface area contributed by atoms with Gasteiger partial charge in [-0.2, -0.15) is 14.9 Å². The molecule has 0 amide bonds. The highest BCUT2D eigenvalue weighted by Gasteiger charge is 2.32. The number of anilines is 2. The summed E-state index contributed by atoms with van der Waals surface area (Å²) in [6.45, 7) is 8.58. The molecule has 1 fully saturated rings. The Bertz CT molecular complexity index is 1660. The lowest BCUT2D eigenvalue weighted by atomic mass is 9.96. The van der Waals surface area contributed by atoms with Crippen molar-refractivity contribution in [1.82, 2.24) is 25.0 Å². The lowest BCUT2D eigenvalue weighted by molar-refractivity contribution is 0.443. The van der Waals surface area contributed by atoms with E-state index in [2.05, 4.69) is 63.8 Å². The van der Waals surface area contributed by atoms with Crippen molar-refractivity contribution in [3.05, 3.63) is 69.6 Å². The minimum Gasteiger partial charge on any atom is -0.383 e. The molecule has 1 saturated carbocycles. The van der Waals surface area contributed by atoms with Crippen molar-refractivity contribution in [3.8, 4) is 12.1 Å². The maximum Gasteiger partial charge on any atom is 0.213 e. The first-order valence-electron chi connectivity index (χ1n) is 12.6. The highest BCUT2D eigenvalue weighted by molar-refractivity contribution is 6.30. The number of pyridine rings is 2. The molecule has 0 spiro atoms. The average molecular weight is 544 g/mol. The Hall–Kier alpha value is -4.28. The molecule has 0 radical (unpaired) electrons. The molecule has 9 nitrogen and oxygen atoms in total. The molecule has 4 aromatic rings. The van der Waals surface area contributed by atoms with Crippen molar-refractivity contribution in [3.63, 3.8) is 0 Å². The number of nitrogens with zero attached hydrogens (tertiary/aromatic N) is 7. The molecule has 1 unspecified atom stereocenters. The van der Waals surface area contributed by atoms with Crippen molar-refractivity contribution in [2.24, 2.45) is 5.41 Å². The first-order chi connectivity index (χ1) is 18.6. The number of nitrogens with one attached hydrogen (secondary N) is 2. The van der Waals surface area contributed by atoms with Crippen LogP contribution in [0.2, 0.25) is 5.15 Å². The van der Waals surface area contributed by atoms with E-state index >= 15 is 0 Å². The third-order valence-electron chi connectivity index (χ3n) is 6.55. The van der Waals surface area contributed by atoms with Gasteiger partial charge in [-0.15, -0.1) is 5.10 Å². The SMILES string of the molecule is Cc1nc(F)ccc1C(Nc1cc(C#N)c2ncc(C#N)c(NCC(C)(C)C)c2c1)c1nnn(C2CC2)c1Cl. The van der Waals surface area contributed by atoms with Crippen molar-refractivity contribution in [2.75, 3.05) is 17.2 Å². The van der Waals surface area contributed by atoms with Gasteiger partial charge >= 0.3 is 0 Å². The summed E-state index contributed by atoms with van der Waals surface area (Å²) in [5.74, 6) is -0.593. The van der Waals surface area contributed by atoms with Gasteiger partial charge in [0.2, 0.25) is 5.95 Å². The Morgan fingerprint density at radius 1 is 1.18 bits per heavy atom. The highest BCUT2D eigenvalue weighted by Crippen LogP contribution is 2.40. The van der Waals surface area contributed by atoms with E-state index in [1.54, 1.807) is 23.7 Å². The number of rotatable bonds is 7. The summed E-state index contributed by atoms with van der Waals surface area (Å²) in [6.07, 6.45) is 3.44. The van der Waals surface area contributed by atoms with Crippen molar-refractivity contribution < 1.29 is 4.39 Å². The van der Waals surface area contributed by atoms with Gasteiger partial charge in [0.25, 0.3) is 0 Å². The number of benzene rings is 1. The Morgan fingerprint density at radius 2 is 1.92 bits per heavy atom. The fourth-order valence-corrected chi connectivity index (χ4v) is 4.75. The standard InChI is InChI=1S/C28H27ClFN9/c1-15-20(7-8-22(30)35-15)25(26-27(29)39(38-37-26)19-5-6-19)36-18-9-16(11-31)23-21(10-18)24(17(12-32)13-33-23)34-14-28(2,3)4/h7-10,13,19,25,36H,5-6,14H2,1-4H3,(H,33,34). The maximum atomic E-state index is 13.9. The molecule has 0 saturated heterocycles. The number of aromatic nitrogens is 5. The largest absolute Gasteiger partial charge is 0.383 e. The molecule has 5 rings (SSSR count). The molecule has 1 aliphatic carbocycles. The molecule has 11 heteroatoms. The third-order valence-corrected chi connectivity index (χ3v) is 6.92. The van der Waals surface area contributed by atoms with Gasteiger partial charge in [0, 0.05) is 35.1 Å². The van der Waals surface area contributed by atoms with Gasteiger partial charge in [-0.3, -0.25) is 4.98 Å². The van der Waals surface area contributed by atoms with Gasteiger partial charge < -0.3 is 10.6 Å². The van der Waals surface area contributed by atoms with Crippen LogP contribution < -0.4 is 10.6 Å². The van der Waals surface area contributed by atoms with Gasteiger partial charge in [-0.1, -0.05) is 43.7 Å². The molecule has 3 heterocycles. The molecule has 0 aliphatic heterocycles. The number of hydrogen-bond acceptors (Lipinski definition) is 8. The molecular formula is C28H27ClFN9. The van der Waals surface area contributed by atoms with Crippen molar-refractivity contribution >= 4 is 33.9 Å². The van der Waals surface area contributed by atoms with Gasteiger partial charge in [0.05, 0.1) is 28.4 Å². The Kier molecular flexibility index (Phi) is 6.83. The van der Waals surface area contributed by atoms with Crippen LogP contribution in [0, 0.1) is 40.9 Å². The number of nitriles is 2. The summed E-state index contributed by atoms with van der Waals surface area (Å²) in [7, 11) is 0. The first kappa shape index (κ1) is 26.3. The Labute approximate surface area is 230 Å². The van der Waals surface area contributed by atoms with Crippen molar-refractivity contribution in [1.29, 1.82) is 10.5 Å². The van der Waals surface area contributed by atoms with E-state index in [-0.39, 0.29) is 11.5 Å². The summed E-state index contributed by atoms with van der Waals surface area (Å²) in [5, 5.41) is 36.3. The molecule has 2 N–H and O–H groups in total. The molecule has 1 aromatic carbocycles. The van der Waals surface area contributed by atoms with E-state index in [0.29, 0.717) is 62.1 Å². The second-order valence-electron chi connectivity index (χ2n) is 10.9. The van der Waals surface area contributed by atoms with E-state index in [4.69, 9.17) is 11.6 Å². The molecular weight excluding hydrogens is 517 g/mol. The molecule has 1 atom stereocenters. The summed E-state index contributed by atoms with van der Waals surface area (Å²) >= 11 is 6.75. The van der Waals surface area contributed by atoms with Gasteiger partial charge in [0.1, 0.15) is 23.9 Å². The van der Waals surface area contributed by atoms with E-state index in [1.165, 1.54) is 12.3 Å². The molecule has 0 bridgehead atoms. The van der Waals surface area contributed by atoms with Crippen LogP contribution in [0.15, 0.2) is 30.5 Å². The van der Waals surface area contributed by atoms with Gasteiger partial charge in [-0.25, -0.2) is 9.67 Å². The van der Waals surface area contributed by atoms with Crippen molar-refractivity contribution in [2.45, 2.75) is 52.6 Å². The predicted molar refractivity (Wildman–Crippen MR) is 147 cm³/mol. The van der Waals surface area contributed by atoms with E-state index in [0.717, 1.165) is 12.8 Å². The first-order valence-corrected chi connectivity index (χ1v) is 13.0. The number of aryl methyl sites for hydroxylation is 1. The second kappa shape index (κ2) is 10.1. The quantitative estimate of drug-likeness (QED) is 0.269. The maximum absolute atomic E-state index is 13.9. The monoisotopic (exact) mass is 543 g/mol. The zero-order valence-corrected chi connectivity index (χ0v) is 22.8.